The molecule has 104 valence electrons. The van der Waals surface area contributed by atoms with E-state index in [0.717, 1.165) is 24.4 Å². The van der Waals surface area contributed by atoms with Crippen LogP contribution in [0.15, 0.2) is 30.7 Å². The number of pyridine rings is 1. The number of carbonyl (C=O) groups excluding carboxylic acids is 1. The van der Waals surface area contributed by atoms with Crippen LogP contribution in [0.25, 0.3) is 0 Å². The Hall–Kier alpha value is -2.24. The molecule has 0 aliphatic heterocycles. The molecule has 1 saturated carbocycles. The summed E-state index contributed by atoms with van der Waals surface area (Å²) in [6.07, 6.45) is 5.77. The van der Waals surface area contributed by atoms with Gasteiger partial charge in [-0.15, -0.1) is 0 Å². The van der Waals surface area contributed by atoms with Crippen LogP contribution in [-0.2, 0) is 18.3 Å². The number of nitrogens with zero attached hydrogens (tertiary/aromatic N) is 4. The summed E-state index contributed by atoms with van der Waals surface area (Å²) >= 11 is 0. The second-order valence-electron chi connectivity index (χ2n) is 5.12. The lowest BCUT2D eigenvalue weighted by Gasteiger charge is -2.17. The average Bonchev–Trinajstić information content (AvgIpc) is 3.20. The molecule has 1 fully saturated rings. The molecule has 0 saturated heterocycles. The second-order valence-corrected chi connectivity index (χ2v) is 5.12. The first-order valence-electron chi connectivity index (χ1n) is 6.77. The highest BCUT2D eigenvalue weighted by molar-refractivity contribution is 5.78. The smallest absolute Gasteiger partial charge is 0.226 e. The number of aromatic nitrogens is 4. The number of amides is 1. The molecule has 1 N–H and O–H groups in total. The molecule has 6 nitrogen and oxygen atoms in total. The molecule has 2 aromatic rings. The molecule has 0 bridgehead atoms. The highest BCUT2D eigenvalue weighted by atomic mass is 16.1. The second kappa shape index (κ2) is 5.40. The van der Waals surface area contributed by atoms with Crippen LogP contribution < -0.4 is 5.32 Å². The monoisotopic (exact) mass is 271 g/mol. The summed E-state index contributed by atoms with van der Waals surface area (Å²) in [7, 11) is 1.85. The highest BCUT2D eigenvalue weighted by Crippen LogP contribution is 2.40. The minimum absolute atomic E-state index is 0.0244. The molecule has 0 spiro atoms. The van der Waals surface area contributed by atoms with Crippen molar-refractivity contribution in [1.29, 1.82) is 0 Å². The summed E-state index contributed by atoms with van der Waals surface area (Å²) in [6.45, 7) is 0. The van der Waals surface area contributed by atoms with Gasteiger partial charge in [-0.05, 0) is 30.9 Å². The Balaban J connectivity index is 1.68. The predicted octanol–water partition coefficient (Wildman–Crippen LogP) is 1.02. The van der Waals surface area contributed by atoms with Crippen LogP contribution in [-0.4, -0.2) is 25.7 Å². The third-order valence-corrected chi connectivity index (χ3v) is 3.50. The van der Waals surface area contributed by atoms with Gasteiger partial charge >= 0.3 is 0 Å². The molecule has 6 heteroatoms. The fourth-order valence-electron chi connectivity index (χ4n) is 2.30. The van der Waals surface area contributed by atoms with E-state index in [2.05, 4.69) is 20.4 Å². The minimum atomic E-state index is -0.0429. The van der Waals surface area contributed by atoms with Crippen LogP contribution in [0.5, 0.6) is 0 Å². The van der Waals surface area contributed by atoms with Gasteiger partial charge in [-0.25, -0.2) is 4.98 Å². The molecule has 1 amide bonds. The van der Waals surface area contributed by atoms with E-state index in [1.807, 2.05) is 25.2 Å². The first-order valence-corrected chi connectivity index (χ1v) is 6.77. The number of hydrogen-bond donors (Lipinski definition) is 1. The topological polar surface area (TPSA) is 72.7 Å². The Bertz CT molecular complexity index is 591. The number of nitrogens with one attached hydrogen (secondary N) is 1. The first kappa shape index (κ1) is 12.8. The standard InChI is InChI=1S/C14H17N5O/c1-19-14(16-9-17-19)13(10-5-6-10)18-12(20)8-11-4-2-3-7-15-11/h2-4,7,9-10,13H,5-6,8H2,1H3,(H,18,20)/t13-/m1/s1. The average molecular weight is 271 g/mol. The summed E-state index contributed by atoms with van der Waals surface area (Å²) in [5, 5.41) is 7.15. The highest BCUT2D eigenvalue weighted by Gasteiger charge is 2.35. The van der Waals surface area contributed by atoms with E-state index in [1.54, 1.807) is 10.9 Å². The van der Waals surface area contributed by atoms with Crippen molar-refractivity contribution >= 4 is 5.91 Å². The van der Waals surface area contributed by atoms with E-state index in [9.17, 15) is 4.79 Å². The quantitative estimate of drug-likeness (QED) is 0.881. The van der Waals surface area contributed by atoms with Crippen molar-refractivity contribution in [2.75, 3.05) is 0 Å². The molecular formula is C14H17N5O. The minimum Gasteiger partial charge on any atom is -0.345 e. The molecule has 1 aliphatic carbocycles. The van der Waals surface area contributed by atoms with E-state index < -0.39 is 0 Å². The maximum absolute atomic E-state index is 12.2. The van der Waals surface area contributed by atoms with Crippen molar-refractivity contribution in [2.45, 2.75) is 25.3 Å². The van der Waals surface area contributed by atoms with Gasteiger partial charge in [-0.3, -0.25) is 14.5 Å². The maximum Gasteiger partial charge on any atom is 0.226 e. The summed E-state index contributed by atoms with van der Waals surface area (Å²) in [5.41, 5.74) is 0.775. The zero-order valence-electron chi connectivity index (χ0n) is 11.4. The Morgan fingerprint density at radius 2 is 2.30 bits per heavy atom. The largest absolute Gasteiger partial charge is 0.345 e. The van der Waals surface area contributed by atoms with Crippen molar-refractivity contribution < 1.29 is 4.79 Å². The molecule has 1 atom stereocenters. The van der Waals surface area contributed by atoms with Gasteiger partial charge in [0, 0.05) is 18.9 Å². The molecule has 0 unspecified atom stereocenters. The fourth-order valence-corrected chi connectivity index (χ4v) is 2.30. The molecule has 2 aromatic heterocycles. The third kappa shape index (κ3) is 2.84. The van der Waals surface area contributed by atoms with Crippen LogP contribution >= 0.6 is 0 Å². The Morgan fingerprint density at radius 1 is 1.45 bits per heavy atom. The first-order chi connectivity index (χ1) is 9.74. The number of hydrogen-bond acceptors (Lipinski definition) is 4. The predicted molar refractivity (Wildman–Crippen MR) is 72.6 cm³/mol. The summed E-state index contributed by atoms with van der Waals surface area (Å²) < 4.78 is 1.73. The van der Waals surface area contributed by atoms with E-state index in [-0.39, 0.29) is 11.9 Å². The van der Waals surface area contributed by atoms with Crippen LogP contribution in [0.3, 0.4) is 0 Å². The van der Waals surface area contributed by atoms with Gasteiger partial charge in [0.25, 0.3) is 0 Å². The Kier molecular flexibility index (Phi) is 3.45. The van der Waals surface area contributed by atoms with Gasteiger partial charge < -0.3 is 5.32 Å². The molecular weight excluding hydrogens is 254 g/mol. The molecule has 0 aromatic carbocycles. The van der Waals surface area contributed by atoms with Crippen molar-refractivity contribution in [2.24, 2.45) is 13.0 Å². The lowest BCUT2D eigenvalue weighted by Crippen LogP contribution is -2.33. The van der Waals surface area contributed by atoms with Gasteiger partial charge in [-0.1, -0.05) is 6.07 Å². The Labute approximate surface area is 117 Å². The van der Waals surface area contributed by atoms with E-state index in [0.29, 0.717) is 12.3 Å². The molecule has 20 heavy (non-hydrogen) atoms. The molecule has 3 rings (SSSR count). The number of aryl methyl sites for hydroxylation is 1. The van der Waals surface area contributed by atoms with E-state index >= 15 is 0 Å². The summed E-state index contributed by atoms with van der Waals surface area (Å²) in [6, 6.07) is 5.54. The summed E-state index contributed by atoms with van der Waals surface area (Å²) in [4.78, 5) is 20.6. The van der Waals surface area contributed by atoms with Crippen molar-refractivity contribution in [3.8, 4) is 0 Å². The third-order valence-electron chi connectivity index (χ3n) is 3.50. The van der Waals surface area contributed by atoms with Crippen molar-refractivity contribution in [3.05, 3.63) is 42.2 Å². The maximum atomic E-state index is 12.2. The van der Waals surface area contributed by atoms with Crippen molar-refractivity contribution in [3.63, 3.8) is 0 Å². The van der Waals surface area contributed by atoms with Gasteiger partial charge in [0.05, 0.1) is 12.5 Å². The SMILES string of the molecule is Cn1ncnc1[C@H](NC(=O)Cc1ccccn1)C1CC1. The van der Waals surface area contributed by atoms with Crippen LogP contribution in [0.2, 0.25) is 0 Å². The Morgan fingerprint density at radius 3 is 2.90 bits per heavy atom. The van der Waals surface area contributed by atoms with Crippen molar-refractivity contribution in [1.82, 2.24) is 25.1 Å². The van der Waals surface area contributed by atoms with Crippen LogP contribution in [0.1, 0.15) is 30.4 Å². The van der Waals surface area contributed by atoms with E-state index in [4.69, 9.17) is 0 Å². The summed E-state index contributed by atoms with van der Waals surface area (Å²) in [5.74, 6) is 1.27. The van der Waals surface area contributed by atoms with Gasteiger partial charge in [0.1, 0.15) is 12.2 Å². The van der Waals surface area contributed by atoms with Crippen LogP contribution in [0.4, 0.5) is 0 Å². The number of carbonyl (C=O) groups is 1. The van der Waals surface area contributed by atoms with Crippen LogP contribution in [0, 0.1) is 5.92 Å². The zero-order valence-corrected chi connectivity index (χ0v) is 11.4. The molecule has 2 heterocycles. The fraction of sp³-hybridized carbons (Fsp3) is 0.429. The lowest BCUT2D eigenvalue weighted by atomic mass is 10.1. The normalized spacial score (nSPS) is 15.8. The molecule has 0 radical (unpaired) electrons. The molecule has 1 aliphatic rings. The zero-order chi connectivity index (χ0) is 13.9. The lowest BCUT2D eigenvalue weighted by molar-refractivity contribution is -0.121. The van der Waals surface area contributed by atoms with Gasteiger partial charge in [0.15, 0.2) is 0 Å². The van der Waals surface area contributed by atoms with Gasteiger partial charge in [-0.2, -0.15) is 5.10 Å². The van der Waals surface area contributed by atoms with E-state index in [1.165, 1.54) is 6.33 Å². The number of rotatable bonds is 5. The van der Waals surface area contributed by atoms with Gasteiger partial charge in [0.2, 0.25) is 5.91 Å².